The Labute approximate surface area is 131 Å². The fourth-order valence-electron chi connectivity index (χ4n) is 1.81. The van der Waals surface area contributed by atoms with Crippen LogP contribution in [0, 0.1) is 0 Å². The highest BCUT2D eigenvalue weighted by atomic mass is 16.6. The van der Waals surface area contributed by atoms with Crippen LogP contribution in [0.4, 0.5) is 4.79 Å². The lowest BCUT2D eigenvalue weighted by molar-refractivity contribution is 0.0483. The Balaban J connectivity index is 2.74. The van der Waals surface area contributed by atoms with Gasteiger partial charge in [-0.15, -0.1) is 0 Å². The Morgan fingerprint density at radius 2 is 1.77 bits per heavy atom. The van der Waals surface area contributed by atoms with Gasteiger partial charge in [-0.1, -0.05) is 13.8 Å². The summed E-state index contributed by atoms with van der Waals surface area (Å²) in [5.41, 5.74) is 5.27. The van der Waals surface area contributed by atoms with Crippen LogP contribution >= 0.6 is 0 Å². The number of nitrogens with one attached hydrogen (secondary N) is 2. The van der Waals surface area contributed by atoms with Gasteiger partial charge in [-0.3, -0.25) is 10.2 Å². The molecule has 0 radical (unpaired) electrons. The molecule has 122 valence electrons. The first-order chi connectivity index (χ1) is 10.1. The molecule has 0 unspecified atom stereocenters. The van der Waals surface area contributed by atoms with Crippen LogP contribution in [0.5, 0.6) is 5.75 Å². The number of hydrogen-bond acceptors (Lipinski definition) is 4. The van der Waals surface area contributed by atoms with Crippen LogP contribution in [0.1, 0.15) is 56.5 Å². The van der Waals surface area contributed by atoms with Crippen molar-refractivity contribution in [3.05, 3.63) is 29.3 Å². The summed E-state index contributed by atoms with van der Waals surface area (Å²) in [6.45, 7) is 9.25. The molecule has 2 N–H and O–H groups in total. The number of ether oxygens (including phenoxy) is 2. The fourth-order valence-corrected chi connectivity index (χ4v) is 1.81. The lowest BCUT2D eigenvalue weighted by Gasteiger charge is -2.20. The molecule has 6 heteroatoms. The molecule has 1 aromatic rings. The number of carbonyl (C=O) groups excluding carboxylic acids is 2. The van der Waals surface area contributed by atoms with E-state index in [0.717, 1.165) is 11.3 Å². The van der Waals surface area contributed by atoms with Crippen molar-refractivity contribution >= 4 is 12.0 Å². The number of hydrogen-bond donors (Lipinski definition) is 2. The smallest absolute Gasteiger partial charge is 0.426 e. The summed E-state index contributed by atoms with van der Waals surface area (Å²) < 4.78 is 10.3. The van der Waals surface area contributed by atoms with Crippen LogP contribution in [-0.2, 0) is 4.74 Å². The highest BCUT2D eigenvalue weighted by Gasteiger charge is 2.17. The number of methoxy groups -OCH3 is 1. The summed E-state index contributed by atoms with van der Waals surface area (Å²) in [7, 11) is 1.59. The second-order valence-corrected chi connectivity index (χ2v) is 6.19. The molecule has 0 aliphatic heterocycles. The summed E-state index contributed by atoms with van der Waals surface area (Å²) >= 11 is 0. The van der Waals surface area contributed by atoms with Crippen molar-refractivity contribution in [2.45, 2.75) is 46.1 Å². The molecule has 1 aromatic carbocycles. The van der Waals surface area contributed by atoms with Gasteiger partial charge < -0.3 is 9.47 Å². The van der Waals surface area contributed by atoms with Gasteiger partial charge in [0.05, 0.1) is 7.11 Å². The van der Waals surface area contributed by atoms with Crippen LogP contribution in [-0.4, -0.2) is 24.7 Å². The molecule has 0 spiro atoms. The molecule has 0 aromatic heterocycles. The predicted molar refractivity (Wildman–Crippen MR) is 83.9 cm³/mol. The van der Waals surface area contributed by atoms with E-state index in [1.54, 1.807) is 46.1 Å². The molecule has 6 nitrogen and oxygen atoms in total. The van der Waals surface area contributed by atoms with Gasteiger partial charge in [0.25, 0.3) is 5.91 Å². The number of amides is 2. The summed E-state index contributed by atoms with van der Waals surface area (Å²) in [6, 6.07) is 5.12. The minimum absolute atomic E-state index is 0.210. The van der Waals surface area contributed by atoms with E-state index in [-0.39, 0.29) is 5.92 Å². The van der Waals surface area contributed by atoms with Crippen molar-refractivity contribution in [2.75, 3.05) is 7.11 Å². The fraction of sp³-hybridized carbons (Fsp3) is 0.500. The Kier molecular flexibility index (Phi) is 5.79. The van der Waals surface area contributed by atoms with E-state index in [4.69, 9.17) is 9.47 Å². The van der Waals surface area contributed by atoms with Crippen LogP contribution in [0.25, 0.3) is 0 Å². The van der Waals surface area contributed by atoms with Crippen LogP contribution in [0.3, 0.4) is 0 Å². The van der Waals surface area contributed by atoms with Crippen LogP contribution < -0.4 is 15.6 Å². The van der Waals surface area contributed by atoms with Gasteiger partial charge in [0.15, 0.2) is 0 Å². The quantitative estimate of drug-likeness (QED) is 0.842. The van der Waals surface area contributed by atoms with Gasteiger partial charge in [0, 0.05) is 5.56 Å². The minimum atomic E-state index is -0.710. The molecule has 0 heterocycles. The largest absolute Gasteiger partial charge is 0.496 e. The van der Waals surface area contributed by atoms with E-state index in [2.05, 4.69) is 10.9 Å². The van der Waals surface area contributed by atoms with Crippen molar-refractivity contribution < 1.29 is 19.1 Å². The van der Waals surface area contributed by atoms with E-state index in [1.165, 1.54) is 0 Å². The zero-order chi connectivity index (χ0) is 16.9. The summed E-state index contributed by atoms with van der Waals surface area (Å²) in [6.07, 6.45) is -0.710. The van der Waals surface area contributed by atoms with Crippen molar-refractivity contribution in [1.29, 1.82) is 0 Å². The molecule has 0 saturated heterocycles. The second-order valence-electron chi connectivity index (χ2n) is 6.19. The van der Waals surface area contributed by atoms with E-state index in [0.29, 0.717) is 5.56 Å². The maximum atomic E-state index is 12.1. The Morgan fingerprint density at radius 1 is 1.14 bits per heavy atom. The number of benzene rings is 1. The highest BCUT2D eigenvalue weighted by Crippen LogP contribution is 2.27. The molecule has 0 atom stereocenters. The molecule has 0 aliphatic rings. The maximum absolute atomic E-state index is 12.1. The van der Waals surface area contributed by atoms with Crippen molar-refractivity contribution in [3.8, 4) is 5.75 Å². The van der Waals surface area contributed by atoms with E-state index in [9.17, 15) is 9.59 Å². The lowest BCUT2D eigenvalue weighted by Crippen LogP contribution is -2.44. The molecule has 0 saturated carbocycles. The molecule has 0 fully saturated rings. The summed E-state index contributed by atoms with van der Waals surface area (Å²) in [5, 5.41) is 0. The first-order valence-electron chi connectivity index (χ1n) is 7.11. The average Bonchev–Trinajstić information content (AvgIpc) is 2.42. The van der Waals surface area contributed by atoms with Gasteiger partial charge in [0.1, 0.15) is 11.4 Å². The monoisotopic (exact) mass is 308 g/mol. The molecule has 0 bridgehead atoms. The molecule has 0 aliphatic carbocycles. The first-order valence-corrected chi connectivity index (χ1v) is 7.11. The number of carbonyl (C=O) groups is 2. The maximum Gasteiger partial charge on any atom is 0.426 e. The molecular weight excluding hydrogens is 284 g/mol. The van der Waals surface area contributed by atoms with Crippen LogP contribution in [0.2, 0.25) is 0 Å². The third-order valence-electron chi connectivity index (χ3n) is 2.79. The van der Waals surface area contributed by atoms with Gasteiger partial charge in [0.2, 0.25) is 0 Å². The van der Waals surface area contributed by atoms with E-state index < -0.39 is 17.6 Å². The Hall–Kier alpha value is -2.24. The summed E-state index contributed by atoms with van der Waals surface area (Å²) in [5.74, 6) is 0.517. The second kappa shape index (κ2) is 7.15. The van der Waals surface area contributed by atoms with E-state index in [1.807, 2.05) is 13.8 Å². The molecule has 2 amide bonds. The van der Waals surface area contributed by atoms with Crippen molar-refractivity contribution in [3.63, 3.8) is 0 Å². The highest BCUT2D eigenvalue weighted by molar-refractivity contribution is 5.95. The zero-order valence-electron chi connectivity index (χ0n) is 13.9. The third-order valence-corrected chi connectivity index (χ3v) is 2.79. The first kappa shape index (κ1) is 17.8. The van der Waals surface area contributed by atoms with Gasteiger partial charge >= 0.3 is 6.09 Å². The molecule has 22 heavy (non-hydrogen) atoms. The minimum Gasteiger partial charge on any atom is -0.496 e. The summed E-state index contributed by atoms with van der Waals surface area (Å²) in [4.78, 5) is 23.6. The van der Waals surface area contributed by atoms with Gasteiger partial charge in [-0.25, -0.2) is 10.2 Å². The van der Waals surface area contributed by atoms with Gasteiger partial charge in [-0.05, 0) is 50.5 Å². The average molecular weight is 308 g/mol. The zero-order valence-corrected chi connectivity index (χ0v) is 13.9. The predicted octanol–water partition coefficient (Wildman–Crippen LogP) is 2.99. The number of hydrazine groups is 1. The normalized spacial score (nSPS) is 11.0. The Morgan fingerprint density at radius 3 is 2.27 bits per heavy atom. The molecule has 1 rings (SSSR count). The third kappa shape index (κ3) is 5.27. The lowest BCUT2D eigenvalue weighted by atomic mass is 9.99. The van der Waals surface area contributed by atoms with E-state index >= 15 is 0 Å². The standard InChI is InChI=1S/C16H24N2O4/c1-10(2)12-9-11(7-8-13(12)21-6)14(19)17-18-15(20)22-16(3,4)5/h7-10H,1-6H3,(H,17,19)(H,18,20). The Bertz CT molecular complexity index is 548. The van der Waals surface area contributed by atoms with Crippen molar-refractivity contribution in [2.24, 2.45) is 0 Å². The molecular formula is C16H24N2O4. The van der Waals surface area contributed by atoms with Crippen molar-refractivity contribution in [1.82, 2.24) is 10.9 Å². The topological polar surface area (TPSA) is 76.7 Å². The van der Waals surface area contributed by atoms with Crippen LogP contribution in [0.15, 0.2) is 18.2 Å². The van der Waals surface area contributed by atoms with Gasteiger partial charge in [-0.2, -0.15) is 0 Å². The SMILES string of the molecule is COc1ccc(C(=O)NNC(=O)OC(C)(C)C)cc1C(C)C. The number of rotatable bonds is 3.